The topological polar surface area (TPSA) is 67.5 Å². The van der Waals surface area contributed by atoms with E-state index in [9.17, 15) is 4.79 Å². The summed E-state index contributed by atoms with van der Waals surface area (Å²) in [5.41, 5.74) is 5.77. The molecule has 120 valence electrons. The molecule has 1 aliphatic carbocycles. The molecule has 0 atom stereocenters. The van der Waals surface area contributed by atoms with Crippen LogP contribution in [0.25, 0.3) is 10.9 Å². The Bertz CT molecular complexity index is 931. The zero-order valence-electron chi connectivity index (χ0n) is 12.7. The maximum atomic E-state index is 12.6. The zero-order valence-corrected chi connectivity index (χ0v) is 14.3. The maximum Gasteiger partial charge on any atom is 0.272 e. The molecule has 1 saturated carbocycles. The normalized spacial score (nSPS) is 14.4. The van der Waals surface area contributed by atoms with Crippen molar-refractivity contribution < 1.29 is 9.21 Å². The summed E-state index contributed by atoms with van der Waals surface area (Å²) in [6.07, 6.45) is 6.92. The van der Waals surface area contributed by atoms with Gasteiger partial charge in [0.05, 0.1) is 29.8 Å². The fourth-order valence-electron chi connectivity index (χ4n) is 2.57. The number of furan rings is 1. The van der Waals surface area contributed by atoms with Crippen LogP contribution < -0.4 is 5.43 Å². The molecule has 1 fully saturated rings. The number of hydrogen-bond acceptors (Lipinski definition) is 4. The molecule has 0 saturated heterocycles. The van der Waals surface area contributed by atoms with Crippen LogP contribution in [0.5, 0.6) is 0 Å². The van der Waals surface area contributed by atoms with Crippen molar-refractivity contribution in [3.63, 3.8) is 0 Å². The number of nitrogens with zero attached hydrogens (tertiary/aromatic N) is 2. The second-order valence-electron chi connectivity index (χ2n) is 5.79. The van der Waals surface area contributed by atoms with Crippen molar-refractivity contribution in [1.29, 1.82) is 0 Å². The van der Waals surface area contributed by atoms with E-state index in [0.29, 0.717) is 11.5 Å². The van der Waals surface area contributed by atoms with Gasteiger partial charge < -0.3 is 4.42 Å². The van der Waals surface area contributed by atoms with Crippen molar-refractivity contribution >= 4 is 39.0 Å². The Kier molecular flexibility index (Phi) is 3.90. The summed E-state index contributed by atoms with van der Waals surface area (Å²) in [6.45, 7) is 0. The number of hydrazone groups is 1. The first kappa shape index (κ1) is 15.1. The minimum absolute atomic E-state index is 0.248. The highest BCUT2D eigenvalue weighted by Gasteiger charge is 2.27. The highest BCUT2D eigenvalue weighted by molar-refractivity contribution is 9.10. The third-order valence-electron chi connectivity index (χ3n) is 3.95. The van der Waals surface area contributed by atoms with Crippen molar-refractivity contribution in [2.75, 3.05) is 0 Å². The van der Waals surface area contributed by atoms with Gasteiger partial charge in [-0.2, -0.15) is 5.10 Å². The molecule has 24 heavy (non-hydrogen) atoms. The molecule has 6 heteroatoms. The van der Waals surface area contributed by atoms with E-state index < -0.39 is 0 Å². The third-order valence-corrected chi connectivity index (χ3v) is 4.45. The van der Waals surface area contributed by atoms with E-state index in [4.69, 9.17) is 9.40 Å². The van der Waals surface area contributed by atoms with Gasteiger partial charge in [0.1, 0.15) is 0 Å². The Labute approximate surface area is 146 Å². The van der Waals surface area contributed by atoms with Gasteiger partial charge in [0.2, 0.25) is 0 Å². The molecule has 0 aliphatic heterocycles. The van der Waals surface area contributed by atoms with Gasteiger partial charge in [0.25, 0.3) is 5.91 Å². The van der Waals surface area contributed by atoms with Crippen LogP contribution in [0.15, 0.2) is 56.8 Å². The number of carbonyl (C=O) groups is 1. The number of carbonyl (C=O) groups excluding carboxylic acids is 1. The minimum Gasteiger partial charge on any atom is -0.472 e. The van der Waals surface area contributed by atoms with E-state index in [0.717, 1.165) is 39.5 Å². The van der Waals surface area contributed by atoms with Gasteiger partial charge >= 0.3 is 0 Å². The first-order valence-corrected chi connectivity index (χ1v) is 8.46. The second kappa shape index (κ2) is 6.20. The summed E-state index contributed by atoms with van der Waals surface area (Å²) >= 11 is 3.45. The molecule has 2 heterocycles. The molecule has 4 rings (SSSR count). The molecule has 0 spiro atoms. The average molecular weight is 384 g/mol. The summed E-state index contributed by atoms with van der Waals surface area (Å²) in [4.78, 5) is 17.3. The number of aromatic nitrogens is 1. The Hall–Kier alpha value is -2.47. The Morgan fingerprint density at radius 3 is 2.96 bits per heavy atom. The molecular formula is C18H14BrN3O2. The molecule has 1 amide bonds. The van der Waals surface area contributed by atoms with Crippen LogP contribution in [0.1, 0.15) is 40.4 Å². The average Bonchev–Trinajstić information content (AvgIpc) is 3.31. The molecule has 1 aromatic carbocycles. The van der Waals surface area contributed by atoms with Crippen LogP contribution in [0.3, 0.4) is 0 Å². The lowest BCUT2D eigenvalue weighted by Gasteiger charge is -2.08. The molecule has 3 aromatic rings. The number of fused-ring (bicyclic) bond motifs is 1. The summed E-state index contributed by atoms with van der Waals surface area (Å²) in [5.74, 6) is 0.223. The monoisotopic (exact) mass is 383 g/mol. The quantitative estimate of drug-likeness (QED) is 0.541. The molecule has 2 aromatic heterocycles. The predicted molar refractivity (Wildman–Crippen MR) is 95.2 cm³/mol. The third kappa shape index (κ3) is 3.10. The molecule has 1 aliphatic rings. The Morgan fingerprint density at radius 1 is 1.33 bits per heavy atom. The van der Waals surface area contributed by atoms with E-state index >= 15 is 0 Å². The predicted octanol–water partition coefficient (Wildman–Crippen LogP) is 4.23. The van der Waals surface area contributed by atoms with Gasteiger partial charge in [-0.3, -0.25) is 9.78 Å². The molecule has 5 nitrogen and oxygen atoms in total. The highest BCUT2D eigenvalue weighted by Crippen LogP contribution is 2.40. The minimum atomic E-state index is -0.248. The summed E-state index contributed by atoms with van der Waals surface area (Å²) in [5, 5.41) is 4.80. The zero-order chi connectivity index (χ0) is 16.5. The van der Waals surface area contributed by atoms with Gasteiger partial charge in [-0.05, 0) is 43.2 Å². The van der Waals surface area contributed by atoms with Crippen LogP contribution in [0.4, 0.5) is 0 Å². The number of rotatable bonds is 4. The fraction of sp³-hybridized carbons (Fsp3) is 0.167. The van der Waals surface area contributed by atoms with E-state index in [2.05, 4.69) is 26.5 Å². The highest BCUT2D eigenvalue weighted by atomic mass is 79.9. The van der Waals surface area contributed by atoms with E-state index in [-0.39, 0.29) is 5.91 Å². The summed E-state index contributed by atoms with van der Waals surface area (Å²) in [6, 6.07) is 9.42. The molecule has 0 radical (unpaired) electrons. The van der Waals surface area contributed by atoms with Crippen molar-refractivity contribution in [1.82, 2.24) is 10.4 Å². The Balaban J connectivity index is 1.68. The SMILES string of the molecule is O=C(NN=Cc1ccoc1)c1cc(C2CC2)nc2ccc(Br)cc12. The number of pyridine rings is 1. The lowest BCUT2D eigenvalue weighted by molar-refractivity contribution is 0.0956. The van der Waals surface area contributed by atoms with Crippen LogP contribution in [-0.4, -0.2) is 17.1 Å². The second-order valence-corrected chi connectivity index (χ2v) is 6.70. The maximum absolute atomic E-state index is 12.6. The molecular weight excluding hydrogens is 370 g/mol. The van der Waals surface area contributed by atoms with Crippen LogP contribution >= 0.6 is 15.9 Å². The number of hydrogen-bond donors (Lipinski definition) is 1. The molecule has 0 bridgehead atoms. The van der Waals surface area contributed by atoms with Crippen molar-refractivity contribution in [2.45, 2.75) is 18.8 Å². The van der Waals surface area contributed by atoms with E-state index in [1.165, 1.54) is 0 Å². The van der Waals surface area contributed by atoms with Crippen molar-refractivity contribution in [2.24, 2.45) is 5.10 Å². The van der Waals surface area contributed by atoms with Gasteiger partial charge in [-0.15, -0.1) is 0 Å². The number of halogens is 1. The summed E-state index contributed by atoms with van der Waals surface area (Å²) in [7, 11) is 0. The Morgan fingerprint density at radius 2 is 2.21 bits per heavy atom. The smallest absolute Gasteiger partial charge is 0.272 e. The largest absolute Gasteiger partial charge is 0.472 e. The van der Waals surface area contributed by atoms with Crippen molar-refractivity contribution in [3.8, 4) is 0 Å². The lowest BCUT2D eigenvalue weighted by atomic mass is 10.1. The van der Waals surface area contributed by atoms with Gasteiger partial charge in [0.15, 0.2) is 0 Å². The fourth-order valence-corrected chi connectivity index (χ4v) is 2.93. The number of nitrogens with one attached hydrogen (secondary N) is 1. The van der Waals surface area contributed by atoms with E-state index in [1.54, 1.807) is 24.8 Å². The first-order chi connectivity index (χ1) is 11.7. The van der Waals surface area contributed by atoms with Gasteiger partial charge in [-0.25, -0.2) is 5.43 Å². The molecule has 0 unspecified atom stereocenters. The van der Waals surface area contributed by atoms with Crippen LogP contribution in [0, 0.1) is 0 Å². The summed E-state index contributed by atoms with van der Waals surface area (Å²) < 4.78 is 5.87. The van der Waals surface area contributed by atoms with Crippen molar-refractivity contribution in [3.05, 3.63) is 64.2 Å². The van der Waals surface area contributed by atoms with E-state index in [1.807, 2.05) is 24.3 Å². The van der Waals surface area contributed by atoms with Crippen LogP contribution in [-0.2, 0) is 0 Å². The first-order valence-electron chi connectivity index (χ1n) is 7.66. The molecule has 1 N–H and O–H groups in total. The van der Waals surface area contributed by atoms with Gasteiger partial charge in [0, 0.05) is 27.0 Å². The standard InChI is InChI=1S/C18H14BrN3O2/c19-13-3-4-16-14(7-13)15(8-17(21-16)12-1-2-12)18(23)22-20-9-11-5-6-24-10-11/h3-10,12H,1-2H2,(H,22,23). The number of benzene rings is 1. The van der Waals surface area contributed by atoms with Crippen LogP contribution in [0.2, 0.25) is 0 Å². The lowest BCUT2D eigenvalue weighted by Crippen LogP contribution is -2.18. The number of amides is 1. The van der Waals surface area contributed by atoms with Gasteiger partial charge in [-0.1, -0.05) is 15.9 Å².